The maximum absolute atomic E-state index is 5.26. The van der Waals surface area contributed by atoms with E-state index in [1.165, 1.54) is 0 Å². The van der Waals surface area contributed by atoms with Crippen LogP contribution in [0.25, 0.3) is 0 Å². The minimum absolute atomic E-state index is 0.199. The second-order valence-corrected chi connectivity index (χ2v) is 2.89. The number of aliphatic imine (C=N–C) groups is 1. The summed E-state index contributed by atoms with van der Waals surface area (Å²) in [6.07, 6.45) is 6.41. The molecular weight excluding hydrogens is 126 g/mol. The standard InChI is InChI=1S/C8H13NO/c1-7(2)5-8-6-9-3-4-10-8/h3-4,6-8H,5H2,1-2H3. The molecule has 0 saturated heterocycles. The first-order chi connectivity index (χ1) is 4.79. The lowest BCUT2D eigenvalue weighted by Gasteiger charge is -2.15. The third-order valence-electron chi connectivity index (χ3n) is 1.36. The van der Waals surface area contributed by atoms with Crippen molar-refractivity contribution in [2.45, 2.75) is 26.4 Å². The van der Waals surface area contributed by atoms with Crippen molar-refractivity contribution >= 4 is 6.21 Å². The van der Waals surface area contributed by atoms with Crippen LogP contribution in [0.15, 0.2) is 17.5 Å². The van der Waals surface area contributed by atoms with Crippen LogP contribution in [0.3, 0.4) is 0 Å². The van der Waals surface area contributed by atoms with Crippen molar-refractivity contribution in [1.29, 1.82) is 0 Å². The summed E-state index contributed by atoms with van der Waals surface area (Å²) < 4.78 is 5.26. The Bertz CT molecular complexity index is 149. The van der Waals surface area contributed by atoms with E-state index < -0.39 is 0 Å². The molecule has 0 spiro atoms. The molecule has 2 heteroatoms. The van der Waals surface area contributed by atoms with E-state index in [1.54, 1.807) is 12.5 Å². The van der Waals surface area contributed by atoms with Gasteiger partial charge in [0.1, 0.15) is 12.4 Å². The maximum atomic E-state index is 5.26. The molecule has 2 nitrogen and oxygen atoms in total. The van der Waals surface area contributed by atoms with E-state index in [1.807, 2.05) is 6.21 Å². The van der Waals surface area contributed by atoms with Crippen molar-refractivity contribution in [3.05, 3.63) is 12.5 Å². The maximum Gasteiger partial charge on any atom is 0.133 e. The predicted molar refractivity (Wildman–Crippen MR) is 42.0 cm³/mol. The SMILES string of the molecule is CC(C)CC1C=NC=CO1. The van der Waals surface area contributed by atoms with Gasteiger partial charge in [0, 0.05) is 6.21 Å². The quantitative estimate of drug-likeness (QED) is 0.573. The highest BCUT2D eigenvalue weighted by Gasteiger charge is 2.08. The van der Waals surface area contributed by atoms with Crippen LogP contribution in [0.1, 0.15) is 20.3 Å². The van der Waals surface area contributed by atoms with E-state index in [0.717, 1.165) is 6.42 Å². The van der Waals surface area contributed by atoms with Crippen LogP contribution in [0.2, 0.25) is 0 Å². The molecule has 0 fully saturated rings. The second-order valence-electron chi connectivity index (χ2n) is 2.89. The van der Waals surface area contributed by atoms with E-state index in [-0.39, 0.29) is 6.10 Å². The van der Waals surface area contributed by atoms with Gasteiger partial charge in [-0.05, 0) is 12.3 Å². The van der Waals surface area contributed by atoms with E-state index in [9.17, 15) is 0 Å². The lowest BCUT2D eigenvalue weighted by atomic mass is 10.1. The zero-order valence-corrected chi connectivity index (χ0v) is 6.45. The third-order valence-corrected chi connectivity index (χ3v) is 1.36. The van der Waals surface area contributed by atoms with Gasteiger partial charge in [-0.25, -0.2) is 0 Å². The summed E-state index contributed by atoms with van der Waals surface area (Å²) >= 11 is 0. The van der Waals surface area contributed by atoms with Crippen molar-refractivity contribution in [2.75, 3.05) is 0 Å². The Morgan fingerprint density at radius 3 is 2.90 bits per heavy atom. The zero-order valence-electron chi connectivity index (χ0n) is 6.45. The molecule has 0 aromatic heterocycles. The summed E-state index contributed by atoms with van der Waals surface area (Å²) in [5.74, 6) is 0.669. The number of rotatable bonds is 2. The normalized spacial score (nSPS) is 23.3. The third kappa shape index (κ3) is 2.21. The fraction of sp³-hybridized carbons (Fsp3) is 0.625. The molecule has 0 bridgehead atoms. The molecule has 0 aliphatic carbocycles. The van der Waals surface area contributed by atoms with Crippen LogP contribution >= 0.6 is 0 Å². The second kappa shape index (κ2) is 3.40. The molecule has 0 radical (unpaired) electrons. The highest BCUT2D eigenvalue weighted by atomic mass is 16.5. The lowest BCUT2D eigenvalue weighted by molar-refractivity contribution is 0.179. The van der Waals surface area contributed by atoms with Crippen LogP contribution in [-0.4, -0.2) is 12.3 Å². The molecule has 0 saturated carbocycles. The first-order valence-electron chi connectivity index (χ1n) is 3.63. The Balaban J connectivity index is 2.30. The summed E-state index contributed by atoms with van der Waals surface area (Å²) in [5, 5.41) is 0. The van der Waals surface area contributed by atoms with Crippen LogP contribution in [0.4, 0.5) is 0 Å². The number of hydrogen-bond acceptors (Lipinski definition) is 2. The van der Waals surface area contributed by atoms with Gasteiger partial charge in [-0.15, -0.1) is 0 Å². The molecule has 1 aliphatic rings. The summed E-state index contributed by atoms with van der Waals surface area (Å²) in [6, 6.07) is 0. The molecule has 0 aromatic rings. The number of nitrogens with zero attached hydrogens (tertiary/aromatic N) is 1. The fourth-order valence-corrected chi connectivity index (χ4v) is 0.933. The van der Waals surface area contributed by atoms with Crippen molar-refractivity contribution in [2.24, 2.45) is 10.9 Å². The van der Waals surface area contributed by atoms with Crippen LogP contribution in [0.5, 0.6) is 0 Å². The largest absolute Gasteiger partial charge is 0.491 e. The van der Waals surface area contributed by atoms with Gasteiger partial charge in [0.05, 0.1) is 6.20 Å². The monoisotopic (exact) mass is 139 g/mol. The van der Waals surface area contributed by atoms with E-state index in [0.29, 0.717) is 5.92 Å². The van der Waals surface area contributed by atoms with Crippen LogP contribution in [-0.2, 0) is 4.74 Å². The van der Waals surface area contributed by atoms with Crippen molar-refractivity contribution < 1.29 is 4.74 Å². The van der Waals surface area contributed by atoms with Crippen LogP contribution < -0.4 is 0 Å². The molecule has 0 aromatic carbocycles. The Labute approximate surface area is 61.6 Å². The summed E-state index contributed by atoms with van der Waals surface area (Å²) in [7, 11) is 0. The molecule has 1 heterocycles. The zero-order chi connectivity index (χ0) is 7.40. The van der Waals surface area contributed by atoms with E-state index in [4.69, 9.17) is 4.74 Å². The van der Waals surface area contributed by atoms with Gasteiger partial charge in [0.15, 0.2) is 0 Å². The first kappa shape index (κ1) is 7.32. The van der Waals surface area contributed by atoms with Crippen molar-refractivity contribution in [3.8, 4) is 0 Å². The minimum atomic E-state index is 0.199. The molecule has 10 heavy (non-hydrogen) atoms. The summed E-state index contributed by atoms with van der Waals surface area (Å²) in [4.78, 5) is 3.98. The molecule has 0 N–H and O–H groups in total. The highest BCUT2D eigenvalue weighted by molar-refractivity contribution is 5.64. The Kier molecular flexibility index (Phi) is 2.49. The smallest absolute Gasteiger partial charge is 0.133 e. The average molecular weight is 139 g/mol. The highest BCUT2D eigenvalue weighted by Crippen LogP contribution is 2.08. The van der Waals surface area contributed by atoms with Gasteiger partial charge in [0.25, 0.3) is 0 Å². The molecular formula is C8H13NO. The van der Waals surface area contributed by atoms with Crippen molar-refractivity contribution in [1.82, 2.24) is 0 Å². The topological polar surface area (TPSA) is 21.6 Å². The average Bonchev–Trinajstić information content (AvgIpc) is 1.88. The van der Waals surface area contributed by atoms with Gasteiger partial charge in [-0.1, -0.05) is 13.8 Å². The molecule has 56 valence electrons. The van der Waals surface area contributed by atoms with Gasteiger partial charge in [0.2, 0.25) is 0 Å². The number of hydrogen-bond donors (Lipinski definition) is 0. The molecule has 1 unspecified atom stereocenters. The Morgan fingerprint density at radius 1 is 1.60 bits per heavy atom. The first-order valence-corrected chi connectivity index (χ1v) is 3.63. The van der Waals surface area contributed by atoms with E-state index >= 15 is 0 Å². The van der Waals surface area contributed by atoms with Gasteiger partial charge >= 0.3 is 0 Å². The molecule has 0 amide bonds. The minimum Gasteiger partial charge on any atom is -0.491 e. The van der Waals surface area contributed by atoms with Gasteiger partial charge < -0.3 is 4.74 Å². The predicted octanol–water partition coefficient (Wildman–Crippen LogP) is 1.97. The summed E-state index contributed by atoms with van der Waals surface area (Å²) in [6.45, 7) is 4.35. The molecule has 1 atom stereocenters. The fourth-order valence-electron chi connectivity index (χ4n) is 0.933. The molecule has 1 rings (SSSR count). The van der Waals surface area contributed by atoms with E-state index in [2.05, 4.69) is 18.8 Å². The molecule has 1 aliphatic heterocycles. The summed E-state index contributed by atoms with van der Waals surface area (Å²) in [5.41, 5.74) is 0. The van der Waals surface area contributed by atoms with Gasteiger partial charge in [-0.3, -0.25) is 4.99 Å². The van der Waals surface area contributed by atoms with Crippen molar-refractivity contribution in [3.63, 3.8) is 0 Å². The van der Waals surface area contributed by atoms with Crippen LogP contribution in [0, 0.1) is 5.92 Å². The Morgan fingerprint density at radius 2 is 2.40 bits per heavy atom. The lowest BCUT2D eigenvalue weighted by Crippen LogP contribution is -2.15. The Hall–Kier alpha value is -0.790. The van der Waals surface area contributed by atoms with Gasteiger partial charge in [-0.2, -0.15) is 0 Å². The number of ether oxygens (including phenoxy) is 1.